The average Bonchev–Trinajstić information content (AvgIpc) is 2.97. The van der Waals surface area contributed by atoms with Crippen molar-refractivity contribution < 1.29 is 4.79 Å². The summed E-state index contributed by atoms with van der Waals surface area (Å²) in [6.45, 7) is 8.15. The van der Waals surface area contributed by atoms with Crippen LogP contribution >= 0.6 is 0 Å². The van der Waals surface area contributed by atoms with Crippen LogP contribution in [0.4, 0.5) is 0 Å². The maximum atomic E-state index is 12.2. The van der Waals surface area contributed by atoms with E-state index < -0.39 is 0 Å². The molecule has 0 bridgehead atoms. The number of rotatable bonds is 2. The Bertz CT molecular complexity index is 240. The van der Waals surface area contributed by atoms with Crippen molar-refractivity contribution in [1.29, 1.82) is 0 Å². The molecular formula is C12H22N2O. The van der Waals surface area contributed by atoms with E-state index in [-0.39, 0.29) is 5.92 Å². The Morgan fingerprint density at radius 1 is 1.27 bits per heavy atom. The highest BCUT2D eigenvalue weighted by molar-refractivity contribution is 5.79. The molecule has 3 heteroatoms. The van der Waals surface area contributed by atoms with Gasteiger partial charge >= 0.3 is 0 Å². The highest BCUT2D eigenvalue weighted by atomic mass is 16.2. The van der Waals surface area contributed by atoms with Gasteiger partial charge in [-0.05, 0) is 32.6 Å². The van der Waals surface area contributed by atoms with Gasteiger partial charge in [0.2, 0.25) is 5.91 Å². The Hall–Kier alpha value is -0.570. The van der Waals surface area contributed by atoms with E-state index in [1.54, 1.807) is 0 Å². The van der Waals surface area contributed by atoms with Crippen LogP contribution in [0.25, 0.3) is 0 Å². The van der Waals surface area contributed by atoms with Gasteiger partial charge in [-0.2, -0.15) is 0 Å². The first kappa shape index (κ1) is 10.9. The molecule has 0 spiro atoms. The molecule has 1 aliphatic carbocycles. The summed E-state index contributed by atoms with van der Waals surface area (Å²) in [4.78, 5) is 14.2. The van der Waals surface area contributed by atoms with Gasteiger partial charge in [-0.15, -0.1) is 0 Å². The Balaban J connectivity index is 1.93. The molecule has 0 aromatic heterocycles. The van der Waals surface area contributed by atoms with Crippen LogP contribution in [0.5, 0.6) is 0 Å². The normalized spacial score (nSPS) is 33.9. The topological polar surface area (TPSA) is 32.3 Å². The smallest absolute Gasteiger partial charge is 0.225 e. The largest absolute Gasteiger partial charge is 0.339 e. The summed E-state index contributed by atoms with van der Waals surface area (Å²) in [5.41, 5.74) is 0. The minimum Gasteiger partial charge on any atom is -0.339 e. The SMILES string of the molecule is CC1CN(C(=O)C(C)C2CC2)CC(C)N1. The summed E-state index contributed by atoms with van der Waals surface area (Å²) in [6, 6.07) is 0.869. The first-order valence-electron chi connectivity index (χ1n) is 6.12. The van der Waals surface area contributed by atoms with Crippen molar-refractivity contribution in [3.8, 4) is 0 Å². The first-order chi connectivity index (χ1) is 7.08. The summed E-state index contributed by atoms with van der Waals surface area (Å²) in [7, 11) is 0. The third kappa shape index (κ3) is 2.51. The molecule has 15 heavy (non-hydrogen) atoms. The lowest BCUT2D eigenvalue weighted by atomic mass is 10.0. The second-order valence-corrected chi connectivity index (χ2v) is 5.34. The number of carbonyl (C=O) groups excluding carboxylic acids is 1. The number of hydrogen-bond donors (Lipinski definition) is 1. The predicted octanol–water partition coefficient (Wildman–Crippen LogP) is 1.24. The summed E-state index contributed by atoms with van der Waals surface area (Å²) in [6.07, 6.45) is 2.51. The van der Waals surface area contributed by atoms with E-state index in [2.05, 4.69) is 31.0 Å². The highest BCUT2D eigenvalue weighted by Crippen LogP contribution is 2.37. The van der Waals surface area contributed by atoms with Crippen molar-refractivity contribution in [2.75, 3.05) is 13.1 Å². The maximum Gasteiger partial charge on any atom is 0.225 e. The summed E-state index contributed by atoms with van der Waals surface area (Å²) >= 11 is 0. The van der Waals surface area contributed by atoms with E-state index in [0.29, 0.717) is 23.9 Å². The van der Waals surface area contributed by atoms with Gasteiger partial charge < -0.3 is 10.2 Å². The van der Waals surface area contributed by atoms with Gasteiger partial charge in [-0.3, -0.25) is 4.79 Å². The molecule has 86 valence electrons. The Morgan fingerprint density at radius 3 is 2.27 bits per heavy atom. The minimum atomic E-state index is 0.252. The number of carbonyl (C=O) groups is 1. The highest BCUT2D eigenvalue weighted by Gasteiger charge is 2.36. The minimum absolute atomic E-state index is 0.252. The predicted molar refractivity (Wildman–Crippen MR) is 60.5 cm³/mol. The summed E-state index contributed by atoms with van der Waals surface area (Å²) < 4.78 is 0. The van der Waals surface area contributed by atoms with Gasteiger partial charge in [-0.25, -0.2) is 0 Å². The van der Waals surface area contributed by atoms with Gasteiger partial charge in [-0.1, -0.05) is 6.92 Å². The van der Waals surface area contributed by atoms with Crippen LogP contribution in [0.3, 0.4) is 0 Å². The summed E-state index contributed by atoms with van der Waals surface area (Å²) in [5.74, 6) is 1.30. The number of hydrogen-bond acceptors (Lipinski definition) is 2. The molecule has 1 aliphatic heterocycles. The number of nitrogens with one attached hydrogen (secondary N) is 1. The zero-order valence-electron chi connectivity index (χ0n) is 9.99. The van der Waals surface area contributed by atoms with Crippen molar-refractivity contribution in [2.45, 2.75) is 45.7 Å². The Morgan fingerprint density at radius 2 is 1.80 bits per heavy atom. The molecule has 0 aromatic rings. The lowest BCUT2D eigenvalue weighted by Gasteiger charge is -2.37. The molecule has 1 saturated carbocycles. The first-order valence-corrected chi connectivity index (χ1v) is 6.12. The van der Waals surface area contributed by atoms with Gasteiger partial charge in [0.15, 0.2) is 0 Å². The number of nitrogens with zero attached hydrogens (tertiary/aromatic N) is 1. The standard InChI is InChI=1S/C12H22N2O/c1-8-6-14(7-9(2)13-8)12(15)10(3)11-4-5-11/h8-11,13H,4-7H2,1-3H3. The fourth-order valence-electron chi connectivity index (χ4n) is 2.59. The second-order valence-electron chi connectivity index (χ2n) is 5.34. The van der Waals surface area contributed by atoms with Gasteiger partial charge in [0.05, 0.1) is 0 Å². The van der Waals surface area contributed by atoms with Crippen molar-refractivity contribution in [1.82, 2.24) is 10.2 Å². The van der Waals surface area contributed by atoms with Crippen LogP contribution in [-0.2, 0) is 4.79 Å². The lowest BCUT2D eigenvalue weighted by Crippen LogP contribution is -2.56. The van der Waals surface area contributed by atoms with E-state index in [0.717, 1.165) is 13.1 Å². The van der Waals surface area contributed by atoms with Gasteiger partial charge in [0, 0.05) is 31.1 Å². The quantitative estimate of drug-likeness (QED) is 0.744. The molecule has 3 unspecified atom stereocenters. The molecule has 2 aliphatic rings. The van der Waals surface area contributed by atoms with Crippen LogP contribution in [0.15, 0.2) is 0 Å². The molecule has 0 aromatic carbocycles. The van der Waals surface area contributed by atoms with Crippen LogP contribution < -0.4 is 5.32 Å². The molecule has 2 rings (SSSR count). The molecule has 1 amide bonds. The molecule has 0 radical (unpaired) electrons. The van der Waals surface area contributed by atoms with Crippen LogP contribution in [0.1, 0.15) is 33.6 Å². The van der Waals surface area contributed by atoms with Crippen LogP contribution in [0, 0.1) is 11.8 Å². The average molecular weight is 210 g/mol. The zero-order valence-corrected chi connectivity index (χ0v) is 9.99. The fraction of sp³-hybridized carbons (Fsp3) is 0.917. The van der Waals surface area contributed by atoms with E-state index >= 15 is 0 Å². The van der Waals surface area contributed by atoms with Crippen molar-refractivity contribution in [3.63, 3.8) is 0 Å². The number of amides is 1. The molecule has 3 nitrogen and oxygen atoms in total. The molecule has 1 heterocycles. The van der Waals surface area contributed by atoms with E-state index in [4.69, 9.17) is 0 Å². The zero-order chi connectivity index (χ0) is 11.0. The van der Waals surface area contributed by atoms with Crippen LogP contribution in [-0.4, -0.2) is 36.0 Å². The van der Waals surface area contributed by atoms with Crippen molar-refractivity contribution in [2.24, 2.45) is 11.8 Å². The third-order valence-corrected chi connectivity index (χ3v) is 3.59. The molecule has 2 fully saturated rings. The van der Waals surface area contributed by atoms with E-state index in [1.807, 2.05) is 0 Å². The fourth-order valence-corrected chi connectivity index (χ4v) is 2.59. The van der Waals surface area contributed by atoms with Gasteiger partial charge in [0.25, 0.3) is 0 Å². The van der Waals surface area contributed by atoms with Crippen molar-refractivity contribution >= 4 is 5.91 Å². The van der Waals surface area contributed by atoms with Crippen molar-refractivity contribution in [3.05, 3.63) is 0 Å². The van der Waals surface area contributed by atoms with Crippen LogP contribution in [0.2, 0.25) is 0 Å². The third-order valence-electron chi connectivity index (χ3n) is 3.59. The maximum absolute atomic E-state index is 12.2. The number of piperazine rings is 1. The van der Waals surface area contributed by atoms with E-state index in [1.165, 1.54) is 12.8 Å². The summed E-state index contributed by atoms with van der Waals surface area (Å²) in [5, 5.41) is 3.45. The Kier molecular flexibility index (Phi) is 3.01. The molecular weight excluding hydrogens is 188 g/mol. The molecule has 1 saturated heterocycles. The second kappa shape index (κ2) is 4.12. The van der Waals surface area contributed by atoms with E-state index in [9.17, 15) is 4.79 Å². The molecule has 3 atom stereocenters. The lowest BCUT2D eigenvalue weighted by molar-refractivity contribution is -0.137. The monoisotopic (exact) mass is 210 g/mol. The van der Waals surface area contributed by atoms with Gasteiger partial charge in [0.1, 0.15) is 0 Å². The Labute approximate surface area is 92.2 Å². The molecule has 1 N–H and O–H groups in total.